The van der Waals surface area contributed by atoms with E-state index >= 15 is 0 Å². The van der Waals surface area contributed by atoms with E-state index < -0.39 is 6.10 Å². The Hall–Kier alpha value is -1.03. The van der Waals surface area contributed by atoms with Crippen LogP contribution in [-0.4, -0.2) is 18.7 Å². The quantitative estimate of drug-likeness (QED) is 0.896. The first-order chi connectivity index (χ1) is 9.08. The van der Waals surface area contributed by atoms with Gasteiger partial charge in [-0.05, 0) is 42.5 Å². The van der Waals surface area contributed by atoms with Crippen molar-refractivity contribution in [3.8, 4) is 0 Å². The van der Waals surface area contributed by atoms with Gasteiger partial charge in [0.05, 0.1) is 16.8 Å². The molecule has 0 aliphatic rings. The molecule has 1 N–H and O–H groups in total. The molecule has 2 rings (SSSR count). The highest BCUT2D eigenvalue weighted by Gasteiger charge is 2.09. The minimum absolute atomic E-state index is 0.483. The standard InChI is InChI=1S/C15H18ClNOS/c1-11(18)12-5-6-15(14(16)10-12)17(2)8-7-13-4-3-9-19-13/h3-6,9-11,18H,7-8H2,1-2H3/t11-/m1/s1. The Bertz CT molecular complexity index is 525. The minimum Gasteiger partial charge on any atom is -0.389 e. The summed E-state index contributed by atoms with van der Waals surface area (Å²) >= 11 is 8.06. The molecule has 0 fully saturated rings. The van der Waals surface area contributed by atoms with Crippen molar-refractivity contribution in [3.05, 3.63) is 51.2 Å². The third-order valence-corrected chi connectivity index (χ3v) is 4.38. The number of halogens is 1. The van der Waals surface area contributed by atoms with Crippen LogP contribution < -0.4 is 4.90 Å². The lowest BCUT2D eigenvalue weighted by atomic mass is 10.1. The van der Waals surface area contributed by atoms with Crippen LogP contribution in [-0.2, 0) is 6.42 Å². The SMILES string of the molecule is C[C@@H](O)c1ccc(N(C)CCc2cccs2)c(Cl)c1. The number of likely N-dealkylation sites (N-methyl/N-ethyl adjacent to an activating group) is 1. The molecule has 0 aliphatic carbocycles. The van der Waals surface area contributed by atoms with Gasteiger partial charge in [-0.1, -0.05) is 23.7 Å². The molecule has 19 heavy (non-hydrogen) atoms. The Balaban J connectivity index is 2.04. The van der Waals surface area contributed by atoms with Crippen LogP contribution in [0.3, 0.4) is 0 Å². The Kier molecular flexibility index (Phi) is 4.86. The second-order valence-corrected chi connectivity index (χ2v) is 6.08. The van der Waals surface area contributed by atoms with Crippen LogP contribution in [0.4, 0.5) is 5.69 Å². The molecule has 0 aliphatic heterocycles. The molecule has 1 aromatic carbocycles. The molecule has 0 unspecified atom stereocenters. The maximum absolute atomic E-state index is 9.54. The molecule has 0 radical (unpaired) electrons. The summed E-state index contributed by atoms with van der Waals surface area (Å²) in [6.07, 6.45) is 0.533. The predicted octanol–water partition coefficient (Wildman–Crippen LogP) is 4.13. The lowest BCUT2D eigenvalue weighted by molar-refractivity contribution is 0.199. The minimum atomic E-state index is -0.483. The largest absolute Gasteiger partial charge is 0.389 e. The van der Waals surface area contributed by atoms with Crippen LogP contribution in [0.15, 0.2) is 35.7 Å². The summed E-state index contributed by atoms with van der Waals surface area (Å²) in [7, 11) is 2.04. The van der Waals surface area contributed by atoms with Gasteiger partial charge in [0.25, 0.3) is 0 Å². The number of rotatable bonds is 5. The molecule has 0 amide bonds. The summed E-state index contributed by atoms with van der Waals surface area (Å²) in [5.74, 6) is 0. The summed E-state index contributed by atoms with van der Waals surface area (Å²) in [6, 6.07) is 9.95. The molecule has 4 heteroatoms. The molecule has 2 aromatic rings. The van der Waals surface area contributed by atoms with Gasteiger partial charge < -0.3 is 10.0 Å². The molecule has 0 saturated carbocycles. The zero-order valence-corrected chi connectivity index (χ0v) is 12.7. The summed E-state index contributed by atoms with van der Waals surface area (Å²) in [5, 5.41) is 12.3. The van der Waals surface area contributed by atoms with E-state index in [0.29, 0.717) is 5.02 Å². The number of aliphatic hydroxyl groups is 1. The van der Waals surface area contributed by atoms with E-state index in [9.17, 15) is 5.11 Å². The van der Waals surface area contributed by atoms with Crippen molar-refractivity contribution in [3.63, 3.8) is 0 Å². The molecular weight excluding hydrogens is 278 g/mol. The molecule has 0 saturated heterocycles. The zero-order chi connectivity index (χ0) is 13.8. The number of benzene rings is 1. The fourth-order valence-electron chi connectivity index (χ4n) is 1.95. The Morgan fingerprint density at radius 2 is 2.16 bits per heavy atom. The van der Waals surface area contributed by atoms with Gasteiger partial charge in [-0.25, -0.2) is 0 Å². The second kappa shape index (κ2) is 6.42. The average Bonchev–Trinajstić information content (AvgIpc) is 2.88. The van der Waals surface area contributed by atoms with E-state index in [1.165, 1.54) is 4.88 Å². The number of nitrogens with zero attached hydrogens (tertiary/aromatic N) is 1. The van der Waals surface area contributed by atoms with Crippen LogP contribution in [0.1, 0.15) is 23.5 Å². The van der Waals surface area contributed by atoms with Gasteiger partial charge in [0.15, 0.2) is 0 Å². The predicted molar refractivity (Wildman–Crippen MR) is 83.4 cm³/mol. The lowest BCUT2D eigenvalue weighted by Crippen LogP contribution is -2.20. The highest BCUT2D eigenvalue weighted by Crippen LogP contribution is 2.28. The smallest absolute Gasteiger partial charge is 0.0762 e. The van der Waals surface area contributed by atoms with Gasteiger partial charge in [-0.15, -0.1) is 11.3 Å². The number of hydrogen-bond acceptors (Lipinski definition) is 3. The highest BCUT2D eigenvalue weighted by molar-refractivity contribution is 7.09. The molecule has 1 atom stereocenters. The Morgan fingerprint density at radius 1 is 1.37 bits per heavy atom. The van der Waals surface area contributed by atoms with Crippen molar-refractivity contribution in [1.82, 2.24) is 0 Å². The first-order valence-corrected chi connectivity index (χ1v) is 7.54. The van der Waals surface area contributed by atoms with E-state index in [1.807, 2.05) is 25.2 Å². The first-order valence-electron chi connectivity index (χ1n) is 6.29. The molecule has 0 bridgehead atoms. The summed E-state index contributed by atoms with van der Waals surface area (Å²) in [6.45, 7) is 2.67. The number of thiophene rings is 1. The molecule has 0 spiro atoms. The summed E-state index contributed by atoms with van der Waals surface area (Å²) in [5.41, 5.74) is 1.85. The summed E-state index contributed by atoms with van der Waals surface area (Å²) < 4.78 is 0. The van der Waals surface area contributed by atoms with Crippen LogP contribution in [0.25, 0.3) is 0 Å². The van der Waals surface area contributed by atoms with E-state index in [0.717, 1.165) is 24.2 Å². The maximum atomic E-state index is 9.54. The van der Waals surface area contributed by atoms with Crippen LogP contribution in [0.2, 0.25) is 5.02 Å². The van der Waals surface area contributed by atoms with Gasteiger partial charge >= 0.3 is 0 Å². The maximum Gasteiger partial charge on any atom is 0.0762 e. The van der Waals surface area contributed by atoms with E-state index in [2.05, 4.69) is 22.4 Å². The van der Waals surface area contributed by atoms with Crippen LogP contribution >= 0.6 is 22.9 Å². The fraction of sp³-hybridized carbons (Fsp3) is 0.333. The van der Waals surface area contributed by atoms with Gasteiger partial charge in [0.1, 0.15) is 0 Å². The lowest BCUT2D eigenvalue weighted by Gasteiger charge is -2.21. The monoisotopic (exact) mass is 295 g/mol. The average molecular weight is 296 g/mol. The molecule has 1 heterocycles. The third kappa shape index (κ3) is 3.72. The number of aliphatic hydroxyl groups excluding tert-OH is 1. The van der Waals surface area contributed by atoms with Crippen molar-refractivity contribution in [2.75, 3.05) is 18.5 Å². The summed E-state index contributed by atoms with van der Waals surface area (Å²) in [4.78, 5) is 3.53. The van der Waals surface area contributed by atoms with Gasteiger partial charge in [-0.2, -0.15) is 0 Å². The number of hydrogen-bond donors (Lipinski definition) is 1. The van der Waals surface area contributed by atoms with Crippen LogP contribution in [0, 0.1) is 0 Å². The topological polar surface area (TPSA) is 23.5 Å². The normalized spacial score (nSPS) is 12.4. The molecule has 2 nitrogen and oxygen atoms in total. The van der Waals surface area contributed by atoms with E-state index in [-0.39, 0.29) is 0 Å². The van der Waals surface area contributed by atoms with Gasteiger partial charge in [-0.3, -0.25) is 0 Å². The Labute approximate surface area is 123 Å². The van der Waals surface area contributed by atoms with Crippen molar-refractivity contribution < 1.29 is 5.11 Å². The van der Waals surface area contributed by atoms with Crippen molar-refractivity contribution in [1.29, 1.82) is 0 Å². The van der Waals surface area contributed by atoms with Crippen molar-refractivity contribution in [2.24, 2.45) is 0 Å². The van der Waals surface area contributed by atoms with Gasteiger partial charge in [0.2, 0.25) is 0 Å². The van der Waals surface area contributed by atoms with Crippen LogP contribution in [0.5, 0.6) is 0 Å². The van der Waals surface area contributed by atoms with Crippen molar-refractivity contribution >= 4 is 28.6 Å². The van der Waals surface area contributed by atoms with Gasteiger partial charge in [0, 0.05) is 18.5 Å². The highest BCUT2D eigenvalue weighted by atomic mass is 35.5. The second-order valence-electron chi connectivity index (χ2n) is 4.64. The molecule has 1 aromatic heterocycles. The third-order valence-electron chi connectivity index (χ3n) is 3.14. The zero-order valence-electron chi connectivity index (χ0n) is 11.1. The Morgan fingerprint density at radius 3 is 2.74 bits per heavy atom. The van der Waals surface area contributed by atoms with Crippen molar-refractivity contribution in [2.45, 2.75) is 19.4 Å². The first kappa shape index (κ1) is 14.4. The molecular formula is C15H18ClNOS. The molecule has 102 valence electrons. The van der Waals surface area contributed by atoms with E-state index in [4.69, 9.17) is 11.6 Å². The fourth-order valence-corrected chi connectivity index (χ4v) is 2.98. The number of anilines is 1. The van der Waals surface area contributed by atoms with E-state index in [1.54, 1.807) is 18.3 Å².